The minimum atomic E-state index is -0.422. The number of β-amino-alcohol motifs (C(OH)–C–C–N with tert-alkyl or cyclic N) is 1. The summed E-state index contributed by atoms with van der Waals surface area (Å²) in [7, 11) is 0. The molecule has 0 unspecified atom stereocenters. The van der Waals surface area contributed by atoms with E-state index in [9.17, 15) is 5.11 Å². The van der Waals surface area contributed by atoms with E-state index in [0.29, 0.717) is 18.8 Å². The summed E-state index contributed by atoms with van der Waals surface area (Å²) in [6, 6.07) is 5.77. The van der Waals surface area contributed by atoms with Gasteiger partial charge in [0.2, 0.25) is 0 Å². The molecule has 0 aromatic carbocycles. The Kier molecular flexibility index (Phi) is 4.53. The fraction of sp³-hybridized carbons (Fsp3) is 0.316. The van der Waals surface area contributed by atoms with Crippen molar-refractivity contribution in [2.45, 2.75) is 19.4 Å². The van der Waals surface area contributed by atoms with Crippen LogP contribution in [0.1, 0.15) is 11.4 Å². The molecule has 1 aliphatic rings. The molecule has 1 N–H and O–H groups in total. The third-order valence-electron chi connectivity index (χ3n) is 4.58. The van der Waals surface area contributed by atoms with E-state index in [-0.39, 0.29) is 5.92 Å². The summed E-state index contributed by atoms with van der Waals surface area (Å²) in [5.74, 6) is 1.58. The summed E-state index contributed by atoms with van der Waals surface area (Å²) in [4.78, 5) is 23.9. The Morgan fingerprint density at radius 1 is 1.12 bits per heavy atom. The molecule has 0 amide bonds. The molecule has 3 aromatic rings. The highest BCUT2D eigenvalue weighted by atomic mass is 16.3. The van der Waals surface area contributed by atoms with Gasteiger partial charge in [-0.1, -0.05) is 0 Å². The predicted octanol–water partition coefficient (Wildman–Crippen LogP) is 1.68. The van der Waals surface area contributed by atoms with E-state index in [1.807, 2.05) is 25.1 Å². The van der Waals surface area contributed by atoms with Crippen LogP contribution in [-0.4, -0.2) is 49.2 Å². The molecule has 0 radical (unpaired) electrons. The summed E-state index contributed by atoms with van der Waals surface area (Å²) in [6.45, 7) is 3.23. The molecule has 2 atom stereocenters. The highest BCUT2D eigenvalue weighted by Crippen LogP contribution is 2.27. The van der Waals surface area contributed by atoms with Crippen molar-refractivity contribution in [1.82, 2.24) is 24.9 Å². The molecule has 0 aliphatic carbocycles. The highest BCUT2D eigenvalue weighted by molar-refractivity contribution is 5.57. The first kappa shape index (κ1) is 16.5. The first-order valence-electron chi connectivity index (χ1n) is 8.63. The lowest BCUT2D eigenvalue weighted by Gasteiger charge is -2.18. The molecule has 1 saturated heterocycles. The Bertz CT molecular complexity index is 874. The van der Waals surface area contributed by atoms with Crippen molar-refractivity contribution in [2.75, 3.05) is 18.0 Å². The van der Waals surface area contributed by atoms with Gasteiger partial charge in [-0.05, 0) is 25.5 Å². The molecule has 26 heavy (non-hydrogen) atoms. The van der Waals surface area contributed by atoms with Gasteiger partial charge in [0, 0.05) is 67.3 Å². The minimum absolute atomic E-state index is 0.101. The average Bonchev–Trinajstić information content (AvgIpc) is 3.03. The average molecular weight is 348 g/mol. The molecule has 7 nitrogen and oxygen atoms in total. The summed E-state index contributed by atoms with van der Waals surface area (Å²) in [5.41, 5.74) is 2.67. The number of pyridine rings is 1. The third kappa shape index (κ3) is 3.52. The molecule has 1 aliphatic heterocycles. The Balaban J connectivity index is 1.55. The summed E-state index contributed by atoms with van der Waals surface area (Å²) >= 11 is 0. The van der Waals surface area contributed by atoms with Crippen LogP contribution in [0, 0.1) is 12.8 Å². The van der Waals surface area contributed by atoms with Crippen LogP contribution < -0.4 is 4.90 Å². The normalized spacial score (nSPS) is 19.7. The van der Waals surface area contributed by atoms with Gasteiger partial charge in [0.1, 0.15) is 5.82 Å². The van der Waals surface area contributed by atoms with Gasteiger partial charge in [-0.15, -0.1) is 0 Å². The van der Waals surface area contributed by atoms with Crippen LogP contribution in [0.4, 0.5) is 5.82 Å². The van der Waals surface area contributed by atoms with Gasteiger partial charge < -0.3 is 10.0 Å². The molecular weight excluding hydrogens is 328 g/mol. The van der Waals surface area contributed by atoms with Crippen molar-refractivity contribution in [3.05, 3.63) is 60.6 Å². The van der Waals surface area contributed by atoms with Gasteiger partial charge in [0.05, 0.1) is 11.8 Å². The van der Waals surface area contributed by atoms with Crippen LogP contribution in [-0.2, 0) is 6.42 Å². The Morgan fingerprint density at radius 3 is 2.77 bits per heavy atom. The van der Waals surface area contributed by atoms with E-state index in [0.717, 1.165) is 29.3 Å². The number of aliphatic hydroxyl groups excluding tert-OH is 1. The molecule has 0 spiro atoms. The van der Waals surface area contributed by atoms with Crippen molar-refractivity contribution in [1.29, 1.82) is 0 Å². The topological polar surface area (TPSA) is 87.9 Å². The van der Waals surface area contributed by atoms with Gasteiger partial charge in [0.25, 0.3) is 0 Å². The van der Waals surface area contributed by atoms with Crippen molar-refractivity contribution in [3.8, 4) is 11.4 Å². The number of nitrogens with zero attached hydrogens (tertiary/aromatic N) is 6. The van der Waals surface area contributed by atoms with Crippen LogP contribution in [0.15, 0.2) is 49.2 Å². The molecule has 132 valence electrons. The van der Waals surface area contributed by atoms with Gasteiger partial charge in [-0.25, -0.2) is 9.97 Å². The maximum atomic E-state index is 10.5. The van der Waals surface area contributed by atoms with E-state index in [2.05, 4.69) is 24.8 Å². The standard InChI is InChI=1S/C19H20N6O/c1-13-7-18(24-19(23-13)14-3-2-4-20-9-14)25-11-15(17(26)12-25)8-16-10-21-5-6-22-16/h2-7,9-10,15,17,26H,8,11-12H2,1H3/t15-,17-/m1/s1. The van der Waals surface area contributed by atoms with Gasteiger partial charge in [-0.3, -0.25) is 15.0 Å². The summed E-state index contributed by atoms with van der Waals surface area (Å²) < 4.78 is 0. The molecule has 4 heterocycles. The second-order valence-electron chi connectivity index (χ2n) is 6.57. The smallest absolute Gasteiger partial charge is 0.163 e. The number of rotatable bonds is 4. The zero-order chi connectivity index (χ0) is 17.9. The zero-order valence-electron chi connectivity index (χ0n) is 14.5. The molecule has 4 rings (SSSR count). The van der Waals surface area contributed by atoms with Crippen molar-refractivity contribution < 1.29 is 5.11 Å². The van der Waals surface area contributed by atoms with Gasteiger partial charge >= 0.3 is 0 Å². The van der Waals surface area contributed by atoms with Gasteiger partial charge in [-0.2, -0.15) is 0 Å². The van der Waals surface area contributed by atoms with Gasteiger partial charge in [0.15, 0.2) is 5.82 Å². The maximum Gasteiger partial charge on any atom is 0.163 e. The van der Waals surface area contributed by atoms with E-state index in [1.54, 1.807) is 31.0 Å². The molecule has 7 heteroatoms. The minimum Gasteiger partial charge on any atom is -0.391 e. The van der Waals surface area contributed by atoms with Crippen LogP contribution in [0.2, 0.25) is 0 Å². The number of aliphatic hydroxyl groups is 1. The molecular formula is C19H20N6O. The van der Waals surface area contributed by atoms with Crippen LogP contribution >= 0.6 is 0 Å². The first-order valence-corrected chi connectivity index (χ1v) is 8.63. The number of hydrogen-bond acceptors (Lipinski definition) is 7. The largest absolute Gasteiger partial charge is 0.391 e. The number of anilines is 1. The fourth-order valence-electron chi connectivity index (χ4n) is 3.28. The summed E-state index contributed by atoms with van der Waals surface area (Å²) in [5, 5.41) is 10.5. The van der Waals surface area contributed by atoms with Crippen LogP contribution in [0.5, 0.6) is 0 Å². The molecule has 1 fully saturated rings. The maximum absolute atomic E-state index is 10.5. The Labute approximate surface area is 151 Å². The lowest BCUT2D eigenvalue weighted by Crippen LogP contribution is -2.22. The lowest BCUT2D eigenvalue weighted by atomic mass is 10.0. The second-order valence-corrected chi connectivity index (χ2v) is 6.57. The summed E-state index contributed by atoms with van der Waals surface area (Å²) in [6.07, 6.45) is 8.86. The second kappa shape index (κ2) is 7.13. The monoisotopic (exact) mass is 348 g/mol. The fourth-order valence-corrected chi connectivity index (χ4v) is 3.28. The van der Waals surface area contributed by atoms with Crippen molar-refractivity contribution in [2.24, 2.45) is 5.92 Å². The third-order valence-corrected chi connectivity index (χ3v) is 4.58. The number of hydrogen-bond donors (Lipinski definition) is 1. The Morgan fingerprint density at radius 2 is 2.00 bits per heavy atom. The molecule has 0 bridgehead atoms. The van der Waals surface area contributed by atoms with Crippen LogP contribution in [0.3, 0.4) is 0 Å². The Hall–Kier alpha value is -2.93. The first-order chi connectivity index (χ1) is 12.7. The van der Waals surface area contributed by atoms with E-state index < -0.39 is 6.10 Å². The number of aryl methyl sites for hydroxylation is 1. The predicted molar refractivity (Wildman–Crippen MR) is 97.4 cm³/mol. The lowest BCUT2D eigenvalue weighted by molar-refractivity contribution is 0.147. The van der Waals surface area contributed by atoms with Crippen molar-refractivity contribution in [3.63, 3.8) is 0 Å². The quantitative estimate of drug-likeness (QED) is 0.767. The van der Waals surface area contributed by atoms with Crippen molar-refractivity contribution >= 4 is 5.82 Å². The molecule has 3 aromatic heterocycles. The zero-order valence-corrected chi connectivity index (χ0v) is 14.5. The van der Waals surface area contributed by atoms with E-state index >= 15 is 0 Å². The number of aromatic nitrogens is 5. The SMILES string of the molecule is Cc1cc(N2C[C@@H](Cc3cnccn3)[C@H](O)C2)nc(-c2cccnc2)n1. The molecule has 0 saturated carbocycles. The van der Waals surface area contributed by atoms with Crippen LogP contribution in [0.25, 0.3) is 11.4 Å². The van der Waals surface area contributed by atoms with E-state index in [1.165, 1.54) is 0 Å². The van der Waals surface area contributed by atoms with E-state index in [4.69, 9.17) is 4.98 Å². The highest BCUT2D eigenvalue weighted by Gasteiger charge is 2.32.